The lowest BCUT2D eigenvalue weighted by Gasteiger charge is -2.06. The molecular weight excluding hydrogens is 353 g/mol. The molecule has 7 heteroatoms. The standard InChI is InChI=1S/C12H8BrCl2N3O/c1-6-2-7(3-10(14)17-6)12(19)18-8-4-9(13)11(15)16-5-8/h2-5H,1H3,(H,18,19). The van der Waals surface area contributed by atoms with Gasteiger partial charge >= 0.3 is 0 Å². The van der Waals surface area contributed by atoms with E-state index in [1.807, 2.05) is 0 Å². The highest BCUT2D eigenvalue weighted by Gasteiger charge is 2.09. The molecule has 2 heterocycles. The van der Waals surface area contributed by atoms with Crippen LogP contribution in [0.25, 0.3) is 0 Å². The zero-order valence-corrected chi connectivity index (χ0v) is 12.8. The third-order valence-corrected chi connectivity index (χ3v) is 3.57. The average Bonchev–Trinajstić information content (AvgIpc) is 2.32. The molecule has 1 N–H and O–H groups in total. The minimum absolute atomic E-state index is 0.278. The quantitative estimate of drug-likeness (QED) is 0.820. The molecule has 4 nitrogen and oxygen atoms in total. The second-order valence-corrected chi connectivity index (χ2v) is 5.37. The van der Waals surface area contributed by atoms with E-state index in [0.29, 0.717) is 26.6 Å². The zero-order valence-electron chi connectivity index (χ0n) is 9.75. The number of nitrogens with one attached hydrogen (secondary N) is 1. The Bertz CT molecular complexity index is 629. The lowest BCUT2D eigenvalue weighted by Crippen LogP contribution is -2.12. The monoisotopic (exact) mass is 359 g/mol. The molecule has 2 aromatic rings. The Morgan fingerprint density at radius 3 is 2.68 bits per heavy atom. The van der Waals surface area contributed by atoms with Crippen molar-refractivity contribution < 1.29 is 4.79 Å². The molecule has 0 radical (unpaired) electrons. The fourth-order valence-electron chi connectivity index (χ4n) is 1.45. The van der Waals surface area contributed by atoms with Gasteiger partial charge in [0.2, 0.25) is 0 Å². The predicted molar refractivity (Wildman–Crippen MR) is 78.9 cm³/mol. The second-order valence-electron chi connectivity index (χ2n) is 3.77. The molecule has 1 amide bonds. The van der Waals surface area contributed by atoms with E-state index in [1.165, 1.54) is 12.3 Å². The van der Waals surface area contributed by atoms with Crippen LogP contribution in [0.15, 0.2) is 28.9 Å². The number of amides is 1. The molecule has 98 valence electrons. The summed E-state index contributed by atoms with van der Waals surface area (Å²) in [4.78, 5) is 20.0. The molecule has 0 saturated carbocycles. The van der Waals surface area contributed by atoms with Crippen LogP contribution in [0, 0.1) is 6.92 Å². The molecule has 0 aliphatic rings. The van der Waals surface area contributed by atoms with Crippen molar-refractivity contribution >= 4 is 50.7 Å². The Morgan fingerprint density at radius 2 is 2.05 bits per heavy atom. The Kier molecular flexibility index (Phi) is 4.39. The number of hydrogen-bond donors (Lipinski definition) is 1. The molecule has 0 spiro atoms. The van der Waals surface area contributed by atoms with Gasteiger partial charge in [-0.25, -0.2) is 9.97 Å². The molecule has 0 saturated heterocycles. The summed E-state index contributed by atoms with van der Waals surface area (Å²) in [6, 6.07) is 4.82. The van der Waals surface area contributed by atoms with E-state index in [2.05, 4.69) is 31.2 Å². The molecule has 0 atom stereocenters. The van der Waals surface area contributed by atoms with E-state index in [4.69, 9.17) is 23.2 Å². The highest BCUT2D eigenvalue weighted by atomic mass is 79.9. The number of hydrogen-bond acceptors (Lipinski definition) is 3. The largest absolute Gasteiger partial charge is 0.321 e. The van der Waals surface area contributed by atoms with Crippen LogP contribution in [0.5, 0.6) is 0 Å². The van der Waals surface area contributed by atoms with Crippen LogP contribution in [0.3, 0.4) is 0 Å². The Labute approximate surface area is 128 Å². The van der Waals surface area contributed by atoms with Gasteiger partial charge < -0.3 is 5.32 Å². The lowest BCUT2D eigenvalue weighted by atomic mass is 10.2. The van der Waals surface area contributed by atoms with E-state index >= 15 is 0 Å². The highest BCUT2D eigenvalue weighted by molar-refractivity contribution is 9.10. The van der Waals surface area contributed by atoms with Crippen molar-refractivity contribution in [3.63, 3.8) is 0 Å². The first-order valence-corrected chi connectivity index (χ1v) is 6.77. The van der Waals surface area contributed by atoms with E-state index in [9.17, 15) is 4.79 Å². The van der Waals surface area contributed by atoms with Gasteiger partial charge in [0.05, 0.1) is 16.4 Å². The summed E-state index contributed by atoms with van der Waals surface area (Å²) in [6.45, 7) is 1.77. The van der Waals surface area contributed by atoms with Crippen LogP contribution < -0.4 is 5.32 Å². The number of carbonyl (C=O) groups is 1. The number of rotatable bonds is 2. The normalized spacial score (nSPS) is 10.3. The fraction of sp³-hybridized carbons (Fsp3) is 0.0833. The third-order valence-electron chi connectivity index (χ3n) is 2.24. The van der Waals surface area contributed by atoms with E-state index < -0.39 is 0 Å². The molecule has 0 unspecified atom stereocenters. The number of aryl methyl sites for hydroxylation is 1. The van der Waals surface area contributed by atoms with Gasteiger partial charge in [0.1, 0.15) is 10.3 Å². The molecule has 0 fully saturated rings. The number of anilines is 1. The van der Waals surface area contributed by atoms with Gasteiger partial charge in [-0.15, -0.1) is 0 Å². The van der Waals surface area contributed by atoms with Crippen LogP contribution in [-0.4, -0.2) is 15.9 Å². The van der Waals surface area contributed by atoms with Crippen molar-refractivity contribution in [1.29, 1.82) is 0 Å². The highest BCUT2D eigenvalue weighted by Crippen LogP contribution is 2.23. The van der Waals surface area contributed by atoms with E-state index in [1.54, 1.807) is 19.1 Å². The first kappa shape index (κ1) is 14.2. The zero-order chi connectivity index (χ0) is 14.0. The molecule has 0 bridgehead atoms. The van der Waals surface area contributed by atoms with Gasteiger partial charge in [0.15, 0.2) is 0 Å². The number of halogens is 3. The molecule has 0 aliphatic heterocycles. The first-order valence-electron chi connectivity index (χ1n) is 5.22. The Balaban J connectivity index is 2.22. The van der Waals surface area contributed by atoms with E-state index in [0.717, 1.165) is 0 Å². The average molecular weight is 361 g/mol. The summed E-state index contributed by atoms with van der Waals surface area (Å²) >= 11 is 14.8. The molecule has 2 aromatic heterocycles. The van der Waals surface area contributed by atoms with Gasteiger partial charge in [-0.05, 0) is 41.1 Å². The molecule has 0 aromatic carbocycles. The summed E-state index contributed by atoms with van der Waals surface area (Å²) in [5.41, 5.74) is 1.64. The van der Waals surface area contributed by atoms with Crippen molar-refractivity contribution in [3.8, 4) is 0 Å². The molecule has 2 rings (SSSR count). The summed E-state index contributed by atoms with van der Waals surface area (Å²) in [6.07, 6.45) is 1.47. The van der Waals surface area contributed by atoms with Crippen molar-refractivity contribution in [2.45, 2.75) is 6.92 Å². The number of nitrogens with zero attached hydrogens (tertiary/aromatic N) is 2. The maximum atomic E-state index is 12.0. The number of aromatic nitrogens is 2. The minimum Gasteiger partial charge on any atom is -0.321 e. The van der Waals surface area contributed by atoms with Crippen LogP contribution in [0.4, 0.5) is 5.69 Å². The number of pyridine rings is 2. The van der Waals surface area contributed by atoms with Crippen molar-refractivity contribution in [3.05, 3.63) is 50.4 Å². The van der Waals surface area contributed by atoms with Crippen LogP contribution in [0.2, 0.25) is 10.3 Å². The summed E-state index contributed by atoms with van der Waals surface area (Å²) in [5, 5.41) is 3.32. The fourth-order valence-corrected chi connectivity index (χ4v) is 2.16. The summed E-state index contributed by atoms with van der Waals surface area (Å²) in [7, 11) is 0. The molecule has 0 aliphatic carbocycles. The van der Waals surface area contributed by atoms with Gasteiger partial charge in [0, 0.05) is 11.3 Å². The Hall–Kier alpha value is -1.17. The third kappa shape index (κ3) is 3.65. The summed E-state index contributed by atoms with van der Waals surface area (Å²) in [5.74, 6) is -0.288. The predicted octanol–water partition coefficient (Wildman–Crippen LogP) is 4.11. The van der Waals surface area contributed by atoms with Crippen LogP contribution >= 0.6 is 39.1 Å². The topological polar surface area (TPSA) is 54.9 Å². The lowest BCUT2D eigenvalue weighted by molar-refractivity contribution is 0.102. The minimum atomic E-state index is -0.288. The smallest absolute Gasteiger partial charge is 0.255 e. The molecular formula is C12H8BrCl2N3O. The Morgan fingerprint density at radius 1 is 1.32 bits per heavy atom. The maximum absolute atomic E-state index is 12.0. The van der Waals surface area contributed by atoms with Crippen molar-refractivity contribution in [1.82, 2.24) is 9.97 Å². The number of carbonyl (C=O) groups excluding carboxylic acids is 1. The van der Waals surface area contributed by atoms with E-state index in [-0.39, 0.29) is 11.1 Å². The molecule has 19 heavy (non-hydrogen) atoms. The summed E-state index contributed by atoms with van der Waals surface area (Å²) < 4.78 is 0.607. The van der Waals surface area contributed by atoms with Gasteiger partial charge in [0.25, 0.3) is 5.91 Å². The van der Waals surface area contributed by atoms with Gasteiger partial charge in [-0.2, -0.15) is 0 Å². The second kappa shape index (κ2) is 5.86. The van der Waals surface area contributed by atoms with Crippen LogP contribution in [-0.2, 0) is 0 Å². The SMILES string of the molecule is Cc1cc(C(=O)Nc2cnc(Cl)c(Br)c2)cc(Cl)n1. The van der Waals surface area contributed by atoms with Gasteiger partial charge in [-0.1, -0.05) is 23.2 Å². The first-order chi connectivity index (χ1) is 8.95. The van der Waals surface area contributed by atoms with Crippen LogP contribution in [0.1, 0.15) is 16.1 Å². The maximum Gasteiger partial charge on any atom is 0.255 e. The van der Waals surface area contributed by atoms with Crippen molar-refractivity contribution in [2.75, 3.05) is 5.32 Å². The van der Waals surface area contributed by atoms with Gasteiger partial charge in [-0.3, -0.25) is 4.79 Å². The van der Waals surface area contributed by atoms with Crippen molar-refractivity contribution in [2.24, 2.45) is 0 Å².